The summed E-state index contributed by atoms with van der Waals surface area (Å²) in [6, 6.07) is 6.57. The first-order valence-electron chi connectivity index (χ1n) is 6.87. The number of ether oxygens (including phenoxy) is 1. The van der Waals surface area contributed by atoms with E-state index in [0.717, 1.165) is 30.7 Å². The van der Waals surface area contributed by atoms with Gasteiger partial charge in [-0.1, -0.05) is 0 Å². The Morgan fingerprint density at radius 1 is 1.12 bits per heavy atom. The predicted molar refractivity (Wildman–Crippen MR) is 88.7 cm³/mol. The minimum atomic E-state index is -4.26. The smallest absolute Gasteiger partial charge is 0.325 e. The van der Waals surface area contributed by atoms with E-state index in [4.69, 9.17) is 4.74 Å². The Morgan fingerprint density at radius 3 is 2.46 bits per heavy atom. The molecule has 8 nitrogen and oxygen atoms in total. The molecule has 0 atom stereocenters. The Hall–Kier alpha value is -3.21. The standard InChI is InChI=1S/C15H12F2N3O5S/c1-25-14-5-2-9(6-13(14)20-26(23,24)18-8-21)15(22)19-10-3-4-11(16)12(17)7-10/h2-7,20H,1H3,(H,18,21)(H,19,22). The third-order valence-corrected chi connectivity index (χ3v) is 3.90. The third-order valence-electron chi connectivity index (χ3n) is 3.06. The summed E-state index contributed by atoms with van der Waals surface area (Å²) in [5.74, 6) is -2.84. The van der Waals surface area contributed by atoms with Crippen molar-refractivity contribution in [2.24, 2.45) is 0 Å². The molecule has 0 aliphatic carbocycles. The highest BCUT2D eigenvalue weighted by atomic mass is 32.2. The summed E-state index contributed by atoms with van der Waals surface area (Å²) in [5.41, 5.74) is -0.138. The highest BCUT2D eigenvalue weighted by Gasteiger charge is 2.16. The van der Waals surface area contributed by atoms with Crippen LogP contribution in [-0.4, -0.2) is 27.8 Å². The fourth-order valence-corrected chi connectivity index (χ4v) is 2.54. The first-order valence-corrected chi connectivity index (χ1v) is 8.35. The largest absolute Gasteiger partial charge is 0.495 e. The van der Waals surface area contributed by atoms with Crippen molar-refractivity contribution in [1.29, 1.82) is 0 Å². The molecule has 0 saturated carbocycles. The van der Waals surface area contributed by atoms with Crippen LogP contribution in [0.3, 0.4) is 0 Å². The lowest BCUT2D eigenvalue weighted by atomic mass is 10.1. The maximum absolute atomic E-state index is 13.2. The molecule has 0 aliphatic rings. The van der Waals surface area contributed by atoms with Crippen molar-refractivity contribution in [2.45, 2.75) is 0 Å². The molecule has 0 unspecified atom stereocenters. The number of halogens is 2. The van der Waals surface area contributed by atoms with Crippen LogP contribution < -0.4 is 19.5 Å². The lowest BCUT2D eigenvalue weighted by Crippen LogP contribution is -2.29. The Labute approximate surface area is 147 Å². The van der Waals surface area contributed by atoms with Gasteiger partial charge in [-0.2, -0.15) is 8.42 Å². The van der Waals surface area contributed by atoms with Crippen molar-refractivity contribution in [3.8, 4) is 5.75 Å². The first kappa shape index (κ1) is 19.1. The molecular formula is C15H12F2N3O5S. The molecule has 2 aromatic rings. The number of nitrogens with one attached hydrogen (secondary N) is 3. The SMILES string of the molecule is COc1ccc(C(=O)Nc2ccc(F)c(F)c2)cc1NS(=O)(=O)N[C]=O. The lowest BCUT2D eigenvalue weighted by molar-refractivity contribution is 0.102. The molecule has 137 valence electrons. The van der Waals surface area contributed by atoms with Crippen LogP contribution in [0.1, 0.15) is 10.4 Å². The highest BCUT2D eigenvalue weighted by Crippen LogP contribution is 2.26. The molecule has 11 heteroatoms. The van der Waals surface area contributed by atoms with Gasteiger partial charge in [-0.05, 0) is 30.3 Å². The van der Waals surface area contributed by atoms with E-state index in [1.807, 2.05) is 4.72 Å². The molecule has 0 aromatic heterocycles. The van der Waals surface area contributed by atoms with Crippen molar-refractivity contribution in [3.63, 3.8) is 0 Å². The number of hydrogen-bond donors (Lipinski definition) is 3. The molecule has 0 bridgehead atoms. The van der Waals surface area contributed by atoms with Gasteiger partial charge in [0.05, 0.1) is 12.8 Å². The second-order valence-corrected chi connectivity index (χ2v) is 6.22. The summed E-state index contributed by atoms with van der Waals surface area (Å²) >= 11 is 0. The van der Waals surface area contributed by atoms with Crippen molar-refractivity contribution in [2.75, 3.05) is 17.1 Å². The fraction of sp³-hybridized carbons (Fsp3) is 0.0667. The average molecular weight is 384 g/mol. The van der Waals surface area contributed by atoms with Crippen molar-refractivity contribution >= 4 is 33.9 Å². The normalized spacial score (nSPS) is 10.7. The van der Waals surface area contributed by atoms with Crippen LogP contribution in [0.4, 0.5) is 20.2 Å². The van der Waals surface area contributed by atoms with Crippen molar-refractivity contribution in [3.05, 3.63) is 53.6 Å². The van der Waals surface area contributed by atoms with Crippen LogP contribution >= 0.6 is 0 Å². The minimum Gasteiger partial charge on any atom is -0.495 e. The second kappa shape index (κ2) is 7.78. The van der Waals surface area contributed by atoms with Gasteiger partial charge in [0.25, 0.3) is 5.91 Å². The molecule has 0 saturated heterocycles. The number of carbonyl (C=O) groups is 1. The van der Waals surface area contributed by atoms with Crippen LogP contribution in [0.2, 0.25) is 0 Å². The predicted octanol–water partition coefficient (Wildman–Crippen LogP) is 1.54. The van der Waals surface area contributed by atoms with Crippen LogP contribution in [0.25, 0.3) is 0 Å². The summed E-state index contributed by atoms with van der Waals surface area (Å²) < 4.78 is 57.7. The number of hydrogen-bond acceptors (Lipinski definition) is 5. The van der Waals surface area contributed by atoms with Gasteiger partial charge in [0.15, 0.2) is 11.6 Å². The van der Waals surface area contributed by atoms with Gasteiger partial charge < -0.3 is 10.1 Å². The van der Waals surface area contributed by atoms with E-state index in [9.17, 15) is 26.8 Å². The molecule has 2 aromatic carbocycles. The topological polar surface area (TPSA) is 114 Å². The summed E-state index contributed by atoms with van der Waals surface area (Å²) in [6.45, 7) is 0. The van der Waals surface area contributed by atoms with Gasteiger partial charge in [-0.3, -0.25) is 14.3 Å². The van der Waals surface area contributed by atoms with Gasteiger partial charge in [-0.25, -0.2) is 13.5 Å². The molecular weight excluding hydrogens is 372 g/mol. The van der Waals surface area contributed by atoms with E-state index in [-0.39, 0.29) is 22.7 Å². The van der Waals surface area contributed by atoms with E-state index in [1.165, 1.54) is 24.0 Å². The zero-order valence-electron chi connectivity index (χ0n) is 13.2. The van der Waals surface area contributed by atoms with Gasteiger partial charge >= 0.3 is 16.6 Å². The fourth-order valence-electron chi connectivity index (χ4n) is 1.93. The lowest BCUT2D eigenvalue weighted by Gasteiger charge is -2.12. The van der Waals surface area contributed by atoms with Crippen LogP contribution in [0, 0.1) is 11.6 Å². The summed E-state index contributed by atoms with van der Waals surface area (Å²) in [4.78, 5) is 22.4. The molecule has 0 heterocycles. The van der Waals surface area contributed by atoms with Gasteiger partial charge in [0.2, 0.25) is 0 Å². The molecule has 0 spiro atoms. The zero-order chi connectivity index (χ0) is 19.3. The van der Waals surface area contributed by atoms with Crippen LogP contribution in [0.5, 0.6) is 5.75 Å². The number of methoxy groups -OCH3 is 1. The molecule has 2 amide bonds. The Kier molecular flexibility index (Phi) is 5.72. The summed E-state index contributed by atoms with van der Waals surface area (Å²) in [7, 11) is -2.98. The van der Waals surface area contributed by atoms with Gasteiger partial charge in [-0.15, -0.1) is 0 Å². The Bertz CT molecular complexity index is 950. The summed E-state index contributed by atoms with van der Waals surface area (Å²) in [5, 5.41) is 2.34. The molecule has 0 aliphatic heterocycles. The van der Waals surface area contributed by atoms with E-state index in [2.05, 4.69) is 5.32 Å². The van der Waals surface area contributed by atoms with E-state index >= 15 is 0 Å². The molecule has 2 rings (SSSR count). The first-order chi connectivity index (χ1) is 12.3. The van der Waals surface area contributed by atoms with E-state index < -0.39 is 27.8 Å². The maximum Gasteiger partial charge on any atom is 0.325 e. The molecule has 3 N–H and O–H groups in total. The zero-order valence-corrected chi connectivity index (χ0v) is 14.0. The molecule has 26 heavy (non-hydrogen) atoms. The van der Waals surface area contributed by atoms with E-state index in [1.54, 1.807) is 0 Å². The monoisotopic (exact) mass is 384 g/mol. The molecule has 0 fully saturated rings. The van der Waals surface area contributed by atoms with Crippen molar-refractivity contribution in [1.82, 2.24) is 4.72 Å². The summed E-state index contributed by atoms with van der Waals surface area (Å²) in [6.07, 6.45) is 1.01. The van der Waals surface area contributed by atoms with E-state index in [0.29, 0.717) is 0 Å². The second-order valence-electron chi connectivity index (χ2n) is 4.81. The Morgan fingerprint density at radius 2 is 1.85 bits per heavy atom. The van der Waals surface area contributed by atoms with Gasteiger partial charge in [0, 0.05) is 17.3 Å². The number of benzene rings is 2. The Balaban J connectivity index is 2.28. The van der Waals surface area contributed by atoms with Crippen molar-refractivity contribution < 1.29 is 31.5 Å². The highest BCUT2D eigenvalue weighted by molar-refractivity contribution is 7.91. The van der Waals surface area contributed by atoms with Crippen LogP contribution in [-0.2, 0) is 15.0 Å². The van der Waals surface area contributed by atoms with Crippen LogP contribution in [0.15, 0.2) is 36.4 Å². The number of carbonyl (C=O) groups excluding carboxylic acids is 2. The maximum atomic E-state index is 13.2. The average Bonchev–Trinajstić information content (AvgIpc) is 2.57. The number of rotatable bonds is 7. The van der Waals surface area contributed by atoms with Gasteiger partial charge in [0.1, 0.15) is 5.75 Å². The molecule has 1 radical (unpaired) electrons. The quantitative estimate of drug-likeness (QED) is 0.627. The number of amides is 2. The third kappa shape index (κ3) is 4.66. The number of anilines is 2. The minimum absolute atomic E-state index is 0.00377.